The Labute approximate surface area is 183 Å². The molecule has 30 heavy (non-hydrogen) atoms. The number of nitrogens with one attached hydrogen (secondary N) is 2. The van der Waals surface area contributed by atoms with E-state index in [1.807, 2.05) is 30.3 Å². The smallest absolute Gasteiger partial charge is 0.348 e. The molecule has 0 fully saturated rings. The molecular formula is C19H17N5O3S3. The number of benzene rings is 1. The lowest BCUT2D eigenvalue weighted by Crippen LogP contribution is -2.11. The van der Waals surface area contributed by atoms with Crippen molar-refractivity contribution in [1.29, 1.82) is 0 Å². The Morgan fingerprint density at radius 2 is 2.03 bits per heavy atom. The van der Waals surface area contributed by atoms with Crippen molar-refractivity contribution in [3.63, 3.8) is 0 Å². The van der Waals surface area contributed by atoms with E-state index in [1.54, 1.807) is 13.8 Å². The van der Waals surface area contributed by atoms with Crippen molar-refractivity contribution in [1.82, 2.24) is 20.2 Å². The molecule has 0 saturated heterocycles. The number of hydrogen-bond acceptors (Lipinski definition) is 10. The number of ether oxygens (including phenoxy) is 1. The highest BCUT2D eigenvalue weighted by Crippen LogP contribution is 2.31. The van der Waals surface area contributed by atoms with E-state index in [0.29, 0.717) is 37.4 Å². The van der Waals surface area contributed by atoms with Gasteiger partial charge in [-0.25, -0.2) is 9.78 Å². The predicted molar refractivity (Wildman–Crippen MR) is 120 cm³/mol. The Hall–Kier alpha value is -2.76. The molecule has 3 aromatic heterocycles. The Balaban J connectivity index is 1.49. The van der Waals surface area contributed by atoms with Gasteiger partial charge in [-0.1, -0.05) is 41.3 Å². The number of esters is 1. The van der Waals surface area contributed by atoms with Gasteiger partial charge < -0.3 is 15.0 Å². The first-order valence-electron chi connectivity index (χ1n) is 9.03. The van der Waals surface area contributed by atoms with E-state index in [2.05, 4.69) is 25.5 Å². The SMILES string of the molecule is CCOC(=O)c1sc2nc(CSc3nnc(Nc4ccccc4)s3)[nH]c(=O)c2c1C. The number of H-pyrrole nitrogens is 1. The quantitative estimate of drug-likeness (QED) is 0.310. The zero-order valence-electron chi connectivity index (χ0n) is 16.1. The molecule has 154 valence electrons. The van der Waals surface area contributed by atoms with Crippen LogP contribution in [0, 0.1) is 6.92 Å². The molecule has 8 nitrogen and oxygen atoms in total. The standard InChI is InChI=1S/C19H17N5O3S3/c1-3-27-17(26)14-10(2)13-15(25)21-12(22-16(13)29-14)9-28-19-24-23-18(30-19)20-11-7-5-4-6-8-11/h4-8H,3,9H2,1-2H3,(H,20,23)(H,21,22,25). The molecule has 0 unspecified atom stereocenters. The molecule has 11 heteroatoms. The molecule has 0 aliphatic heterocycles. The number of thiophene rings is 1. The summed E-state index contributed by atoms with van der Waals surface area (Å²) in [6, 6.07) is 9.73. The first-order chi connectivity index (χ1) is 14.5. The van der Waals surface area contributed by atoms with E-state index < -0.39 is 5.97 Å². The Morgan fingerprint density at radius 1 is 1.23 bits per heavy atom. The van der Waals surface area contributed by atoms with Crippen LogP contribution < -0.4 is 10.9 Å². The summed E-state index contributed by atoms with van der Waals surface area (Å²) in [5.41, 5.74) is 1.28. The van der Waals surface area contributed by atoms with Crippen molar-refractivity contribution in [3.8, 4) is 0 Å². The number of aromatic amines is 1. The van der Waals surface area contributed by atoms with Gasteiger partial charge in [-0.3, -0.25) is 4.79 Å². The van der Waals surface area contributed by atoms with Gasteiger partial charge >= 0.3 is 5.97 Å². The molecule has 0 bridgehead atoms. The van der Waals surface area contributed by atoms with Crippen molar-refractivity contribution < 1.29 is 9.53 Å². The monoisotopic (exact) mass is 459 g/mol. The number of anilines is 2. The minimum atomic E-state index is -0.430. The highest BCUT2D eigenvalue weighted by Gasteiger charge is 2.20. The van der Waals surface area contributed by atoms with Crippen LogP contribution in [0.1, 0.15) is 28.0 Å². The normalized spacial score (nSPS) is 11.0. The van der Waals surface area contributed by atoms with Crippen LogP contribution in [0.3, 0.4) is 0 Å². The van der Waals surface area contributed by atoms with Gasteiger partial charge in [0.05, 0.1) is 17.7 Å². The van der Waals surface area contributed by atoms with Crippen molar-refractivity contribution in [2.45, 2.75) is 23.9 Å². The lowest BCUT2D eigenvalue weighted by atomic mass is 10.2. The van der Waals surface area contributed by atoms with Gasteiger partial charge in [-0.15, -0.1) is 21.5 Å². The summed E-state index contributed by atoms with van der Waals surface area (Å²) >= 11 is 4.03. The third kappa shape index (κ3) is 4.37. The number of carbonyl (C=O) groups is 1. The first kappa shape index (κ1) is 20.5. The zero-order chi connectivity index (χ0) is 21.1. The maximum absolute atomic E-state index is 12.5. The molecule has 2 N–H and O–H groups in total. The van der Waals surface area contributed by atoms with Crippen LogP contribution >= 0.6 is 34.4 Å². The van der Waals surface area contributed by atoms with E-state index in [1.165, 1.54) is 34.4 Å². The number of hydrogen-bond donors (Lipinski definition) is 2. The van der Waals surface area contributed by atoms with Crippen LogP contribution in [0.25, 0.3) is 10.2 Å². The van der Waals surface area contributed by atoms with Gasteiger partial charge in [0.25, 0.3) is 5.56 Å². The van der Waals surface area contributed by atoms with Crippen molar-refractivity contribution in [2.24, 2.45) is 0 Å². The molecule has 0 amide bonds. The number of carbonyl (C=O) groups excluding carboxylic acids is 1. The third-order valence-electron chi connectivity index (χ3n) is 4.07. The van der Waals surface area contributed by atoms with Crippen molar-refractivity contribution >= 4 is 61.4 Å². The lowest BCUT2D eigenvalue weighted by molar-refractivity contribution is 0.0531. The number of para-hydroxylation sites is 1. The largest absolute Gasteiger partial charge is 0.462 e. The van der Waals surface area contributed by atoms with E-state index in [9.17, 15) is 9.59 Å². The van der Waals surface area contributed by atoms with Crippen LogP contribution in [-0.2, 0) is 10.5 Å². The molecule has 0 atom stereocenters. The molecule has 3 heterocycles. The number of thioether (sulfide) groups is 1. The molecule has 4 aromatic rings. The van der Waals surface area contributed by atoms with Gasteiger partial charge in [0.1, 0.15) is 15.5 Å². The maximum atomic E-state index is 12.5. The molecular weight excluding hydrogens is 442 g/mol. The summed E-state index contributed by atoms with van der Waals surface area (Å²) in [5, 5.41) is 12.6. The minimum Gasteiger partial charge on any atom is -0.462 e. The van der Waals surface area contributed by atoms with Gasteiger partial charge in [0.2, 0.25) is 5.13 Å². The van der Waals surface area contributed by atoms with Crippen LogP contribution in [0.15, 0.2) is 39.5 Å². The minimum absolute atomic E-state index is 0.261. The van der Waals surface area contributed by atoms with Crippen LogP contribution in [0.4, 0.5) is 10.8 Å². The van der Waals surface area contributed by atoms with Gasteiger partial charge in [0, 0.05) is 5.69 Å². The maximum Gasteiger partial charge on any atom is 0.348 e. The fraction of sp³-hybridized carbons (Fsp3) is 0.211. The van der Waals surface area contributed by atoms with Crippen LogP contribution in [0.2, 0.25) is 0 Å². The lowest BCUT2D eigenvalue weighted by Gasteiger charge is -2.00. The number of rotatable bonds is 7. The second kappa shape index (κ2) is 8.94. The topological polar surface area (TPSA) is 110 Å². The number of aryl methyl sites for hydroxylation is 1. The molecule has 0 saturated carbocycles. The molecule has 0 spiro atoms. The van der Waals surface area contributed by atoms with E-state index in [-0.39, 0.29) is 12.2 Å². The molecule has 0 aliphatic carbocycles. The molecule has 0 radical (unpaired) electrons. The third-order valence-corrected chi connectivity index (χ3v) is 7.22. The van der Waals surface area contributed by atoms with Crippen LogP contribution in [0.5, 0.6) is 0 Å². The van der Waals surface area contributed by atoms with Gasteiger partial charge in [0.15, 0.2) is 4.34 Å². The number of nitrogens with zero attached hydrogens (tertiary/aromatic N) is 3. The Kier molecular flexibility index (Phi) is 6.11. The molecule has 1 aromatic carbocycles. The van der Waals surface area contributed by atoms with Crippen LogP contribution in [-0.4, -0.2) is 32.7 Å². The van der Waals surface area contributed by atoms with Crippen molar-refractivity contribution in [2.75, 3.05) is 11.9 Å². The molecule has 0 aliphatic rings. The number of aromatic nitrogens is 4. The second-order valence-electron chi connectivity index (χ2n) is 6.12. The Bertz CT molecular complexity index is 1250. The summed E-state index contributed by atoms with van der Waals surface area (Å²) in [6.07, 6.45) is 0. The molecule has 4 rings (SSSR count). The fourth-order valence-corrected chi connectivity index (χ4v) is 5.48. The predicted octanol–water partition coefficient (Wildman–Crippen LogP) is 4.36. The second-order valence-corrected chi connectivity index (χ2v) is 9.32. The van der Waals surface area contributed by atoms with E-state index in [4.69, 9.17) is 4.74 Å². The first-order valence-corrected chi connectivity index (χ1v) is 11.6. The van der Waals surface area contributed by atoms with Crippen molar-refractivity contribution in [3.05, 3.63) is 57.0 Å². The number of fused-ring (bicyclic) bond motifs is 1. The van der Waals surface area contributed by atoms with E-state index in [0.717, 1.165) is 10.0 Å². The highest BCUT2D eigenvalue weighted by atomic mass is 32.2. The summed E-state index contributed by atoms with van der Waals surface area (Å²) in [5.74, 6) is 0.513. The van der Waals surface area contributed by atoms with E-state index >= 15 is 0 Å². The summed E-state index contributed by atoms with van der Waals surface area (Å²) in [4.78, 5) is 32.9. The Morgan fingerprint density at radius 3 is 2.80 bits per heavy atom. The summed E-state index contributed by atoms with van der Waals surface area (Å²) in [6.45, 7) is 3.76. The summed E-state index contributed by atoms with van der Waals surface area (Å²) in [7, 11) is 0. The highest BCUT2D eigenvalue weighted by molar-refractivity contribution is 8.00. The van der Waals surface area contributed by atoms with Gasteiger partial charge in [-0.05, 0) is 31.5 Å². The van der Waals surface area contributed by atoms with Gasteiger partial charge in [-0.2, -0.15) is 0 Å². The zero-order valence-corrected chi connectivity index (χ0v) is 18.5. The average Bonchev–Trinajstić information content (AvgIpc) is 3.31. The summed E-state index contributed by atoms with van der Waals surface area (Å²) < 4.78 is 5.82. The fourth-order valence-electron chi connectivity index (χ4n) is 2.74. The average molecular weight is 460 g/mol.